The Kier molecular flexibility index (Phi) is 9.40. The van der Waals surface area contributed by atoms with Gasteiger partial charge < -0.3 is 11.1 Å². The molecule has 0 bridgehead atoms. The lowest BCUT2D eigenvalue weighted by molar-refractivity contribution is 0.594. The van der Waals surface area contributed by atoms with Crippen LogP contribution < -0.4 is 11.1 Å². The number of nitrogens with two attached hydrogens (primary N) is 1. The van der Waals surface area contributed by atoms with Crippen LogP contribution in [0, 0.1) is 22.7 Å². The monoisotopic (exact) mass is 472 g/mol. The standard InChI is InChI=1S/C29H24N4.C3H8/c1-20(16-30)29(33-19-22-11-9-21(17-31)10-12-22)24-13-14-25(18-32)28(15-24)27-8-4-6-23-5-2-3-7-26(23)27;1-3-2/h2-16,29,33H,19,30H2,1H3;3H2,1-2H3/b20-16+;. The van der Waals surface area contributed by atoms with E-state index in [0.717, 1.165) is 38.6 Å². The van der Waals surface area contributed by atoms with Crippen molar-refractivity contribution in [3.05, 3.63) is 119 Å². The summed E-state index contributed by atoms with van der Waals surface area (Å²) in [5, 5.41) is 24.7. The molecule has 1 unspecified atom stereocenters. The maximum atomic E-state index is 9.81. The molecule has 4 aromatic rings. The molecule has 1 atom stereocenters. The first-order valence-electron chi connectivity index (χ1n) is 12.2. The molecule has 0 aromatic heterocycles. The molecular formula is C32H32N4. The molecule has 0 saturated carbocycles. The van der Waals surface area contributed by atoms with Crippen LogP contribution in [0.1, 0.15) is 55.5 Å². The van der Waals surface area contributed by atoms with E-state index in [1.54, 1.807) is 6.20 Å². The van der Waals surface area contributed by atoms with E-state index in [1.807, 2.05) is 61.5 Å². The van der Waals surface area contributed by atoms with Gasteiger partial charge in [-0.2, -0.15) is 10.5 Å². The highest BCUT2D eigenvalue weighted by Gasteiger charge is 2.17. The molecule has 180 valence electrons. The third-order valence-electron chi connectivity index (χ3n) is 5.89. The van der Waals surface area contributed by atoms with Crippen LogP contribution in [0.15, 0.2) is 96.7 Å². The summed E-state index contributed by atoms with van der Waals surface area (Å²) < 4.78 is 0. The van der Waals surface area contributed by atoms with Gasteiger partial charge in [-0.25, -0.2) is 0 Å². The summed E-state index contributed by atoms with van der Waals surface area (Å²) in [4.78, 5) is 0. The Labute approximate surface area is 214 Å². The molecule has 0 spiro atoms. The van der Waals surface area contributed by atoms with E-state index in [9.17, 15) is 5.26 Å². The summed E-state index contributed by atoms with van der Waals surface area (Å²) >= 11 is 0. The van der Waals surface area contributed by atoms with Crippen LogP contribution in [0.3, 0.4) is 0 Å². The van der Waals surface area contributed by atoms with Gasteiger partial charge >= 0.3 is 0 Å². The van der Waals surface area contributed by atoms with E-state index >= 15 is 0 Å². The second-order valence-corrected chi connectivity index (χ2v) is 8.68. The second-order valence-electron chi connectivity index (χ2n) is 8.68. The van der Waals surface area contributed by atoms with Gasteiger partial charge in [-0.05, 0) is 70.4 Å². The number of nitrogens with one attached hydrogen (secondary N) is 1. The Hall–Kier alpha value is -4.38. The number of fused-ring (bicyclic) bond motifs is 1. The molecule has 0 amide bonds. The highest BCUT2D eigenvalue weighted by atomic mass is 14.9. The van der Waals surface area contributed by atoms with E-state index in [2.05, 4.69) is 61.6 Å². The van der Waals surface area contributed by atoms with Gasteiger partial charge in [0.2, 0.25) is 0 Å². The third kappa shape index (κ3) is 6.19. The predicted octanol–water partition coefficient (Wildman–Crippen LogP) is 7.36. The normalized spacial score (nSPS) is 11.6. The smallest absolute Gasteiger partial charge is 0.0998 e. The first-order chi connectivity index (χ1) is 17.6. The molecule has 0 aliphatic carbocycles. The Bertz CT molecular complexity index is 1410. The number of hydrogen-bond donors (Lipinski definition) is 2. The van der Waals surface area contributed by atoms with Crippen LogP contribution >= 0.6 is 0 Å². The molecule has 0 fully saturated rings. The third-order valence-corrected chi connectivity index (χ3v) is 5.89. The minimum absolute atomic E-state index is 0.118. The number of hydrogen-bond acceptors (Lipinski definition) is 4. The van der Waals surface area contributed by atoms with Gasteiger partial charge in [0.1, 0.15) is 0 Å². The largest absolute Gasteiger partial charge is 0.405 e. The topological polar surface area (TPSA) is 85.6 Å². The minimum atomic E-state index is -0.118. The maximum Gasteiger partial charge on any atom is 0.0998 e. The molecular weight excluding hydrogens is 440 g/mol. The quantitative estimate of drug-likeness (QED) is 0.307. The molecule has 0 aliphatic heterocycles. The summed E-state index contributed by atoms with van der Waals surface area (Å²) in [5.74, 6) is 0. The molecule has 4 aromatic carbocycles. The zero-order chi connectivity index (χ0) is 25.9. The lowest BCUT2D eigenvalue weighted by atomic mass is 9.90. The van der Waals surface area contributed by atoms with Crippen molar-refractivity contribution in [1.82, 2.24) is 5.32 Å². The molecule has 3 N–H and O–H groups in total. The SMILES string of the molecule is C/C(=C\N)C(NCc1ccc(C#N)cc1)c1ccc(C#N)c(-c2cccc3ccccc23)c1.CCC. The molecule has 0 saturated heterocycles. The zero-order valence-corrected chi connectivity index (χ0v) is 21.1. The van der Waals surface area contributed by atoms with E-state index in [1.165, 1.54) is 6.42 Å². The van der Waals surface area contributed by atoms with Crippen LogP contribution in [-0.4, -0.2) is 0 Å². The summed E-state index contributed by atoms with van der Waals surface area (Å²) in [6.45, 7) is 6.86. The highest BCUT2D eigenvalue weighted by molar-refractivity contribution is 5.97. The molecule has 0 radical (unpaired) electrons. The molecule has 4 heteroatoms. The van der Waals surface area contributed by atoms with Crippen molar-refractivity contribution >= 4 is 10.8 Å². The fourth-order valence-corrected chi connectivity index (χ4v) is 4.08. The van der Waals surface area contributed by atoms with Gasteiger partial charge in [0, 0.05) is 12.1 Å². The van der Waals surface area contributed by atoms with Crippen LogP contribution in [0.2, 0.25) is 0 Å². The Morgan fingerprint density at radius 3 is 2.25 bits per heavy atom. The first kappa shape index (κ1) is 26.2. The van der Waals surface area contributed by atoms with Crippen molar-refractivity contribution in [1.29, 1.82) is 10.5 Å². The van der Waals surface area contributed by atoms with Crippen molar-refractivity contribution < 1.29 is 0 Å². The number of nitriles is 2. The molecule has 0 heterocycles. The summed E-state index contributed by atoms with van der Waals surface area (Å²) in [7, 11) is 0. The zero-order valence-electron chi connectivity index (χ0n) is 21.1. The van der Waals surface area contributed by atoms with Gasteiger partial charge in [0.15, 0.2) is 0 Å². The molecule has 0 aliphatic rings. The molecule has 4 nitrogen and oxygen atoms in total. The fourth-order valence-electron chi connectivity index (χ4n) is 4.08. The Morgan fingerprint density at radius 2 is 1.58 bits per heavy atom. The second kappa shape index (κ2) is 12.9. The fraction of sp³-hybridized carbons (Fsp3) is 0.188. The van der Waals surface area contributed by atoms with Crippen LogP contribution in [0.5, 0.6) is 0 Å². The number of rotatable bonds is 6. The van der Waals surface area contributed by atoms with Crippen molar-refractivity contribution in [3.8, 4) is 23.3 Å². The van der Waals surface area contributed by atoms with E-state index < -0.39 is 0 Å². The van der Waals surface area contributed by atoms with E-state index in [-0.39, 0.29) is 6.04 Å². The lowest BCUT2D eigenvalue weighted by Gasteiger charge is -2.22. The van der Waals surface area contributed by atoms with Crippen molar-refractivity contribution in [2.24, 2.45) is 5.73 Å². The first-order valence-corrected chi connectivity index (χ1v) is 12.2. The van der Waals surface area contributed by atoms with Gasteiger partial charge in [-0.1, -0.05) is 80.9 Å². The average Bonchev–Trinajstić information content (AvgIpc) is 2.93. The lowest BCUT2D eigenvalue weighted by Crippen LogP contribution is -2.22. The van der Waals surface area contributed by atoms with E-state index in [0.29, 0.717) is 17.7 Å². The van der Waals surface area contributed by atoms with Gasteiger partial charge in [0.05, 0.1) is 29.3 Å². The van der Waals surface area contributed by atoms with E-state index in [4.69, 9.17) is 11.0 Å². The number of nitrogens with zero attached hydrogens (tertiary/aromatic N) is 2. The van der Waals surface area contributed by atoms with Crippen LogP contribution in [0.25, 0.3) is 21.9 Å². The predicted molar refractivity (Wildman–Crippen MR) is 149 cm³/mol. The van der Waals surface area contributed by atoms with Crippen molar-refractivity contribution in [2.45, 2.75) is 39.8 Å². The number of benzene rings is 4. The summed E-state index contributed by atoms with van der Waals surface area (Å²) in [5.41, 5.74) is 12.2. The van der Waals surface area contributed by atoms with Gasteiger partial charge in [-0.3, -0.25) is 0 Å². The minimum Gasteiger partial charge on any atom is -0.405 e. The van der Waals surface area contributed by atoms with Crippen molar-refractivity contribution in [2.75, 3.05) is 0 Å². The Balaban J connectivity index is 0.00000115. The molecule has 4 rings (SSSR count). The molecule has 36 heavy (non-hydrogen) atoms. The maximum absolute atomic E-state index is 9.81. The summed E-state index contributed by atoms with van der Waals surface area (Å²) in [6.07, 6.45) is 2.87. The van der Waals surface area contributed by atoms with Crippen LogP contribution in [0.4, 0.5) is 0 Å². The average molecular weight is 473 g/mol. The highest BCUT2D eigenvalue weighted by Crippen LogP contribution is 2.34. The van der Waals surface area contributed by atoms with Gasteiger partial charge in [0.25, 0.3) is 0 Å². The van der Waals surface area contributed by atoms with Crippen LogP contribution in [-0.2, 0) is 6.54 Å². The van der Waals surface area contributed by atoms with Crippen molar-refractivity contribution in [3.63, 3.8) is 0 Å². The van der Waals surface area contributed by atoms with Gasteiger partial charge in [-0.15, -0.1) is 0 Å². The Morgan fingerprint density at radius 1 is 0.889 bits per heavy atom. The summed E-state index contributed by atoms with van der Waals surface area (Å²) in [6, 6.07) is 32.2.